The van der Waals surface area contributed by atoms with Gasteiger partial charge in [-0.2, -0.15) is 11.8 Å². The van der Waals surface area contributed by atoms with Crippen LogP contribution in [-0.2, 0) is 9.47 Å². The van der Waals surface area contributed by atoms with Crippen molar-refractivity contribution in [3.05, 3.63) is 0 Å². The van der Waals surface area contributed by atoms with Crippen LogP contribution in [0.3, 0.4) is 0 Å². The Labute approximate surface area is 109 Å². The summed E-state index contributed by atoms with van der Waals surface area (Å²) < 4.78 is 10.5. The molecule has 0 bridgehead atoms. The lowest BCUT2D eigenvalue weighted by Crippen LogP contribution is -2.45. The summed E-state index contributed by atoms with van der Waals surface area (Å²) in [5.41, 5.74) is 0. The largest absolute Gasteiger partial charge is 0.389 e. The van der Waals surface area contributed by atoms with Gasteiger partial charge >= 0.3 is 0 Å². The van der Waals surface area contributed by atoms with Gasteiger partial charge in [-0.25, -0.2) is 0 Å². The number of ether oxygens (including phenoxy) is 2. The van der Waals surface area contributed by atoms with Crippen molar-refractivity contribution in [1.29, 1.82) is 0 Å². The molecule has 1 saturated heterocycles. The molecule has 0 amide bonds. The molecule has 5 heteroatoms. The molecule has 17 heavy (non-hydrogen) atoms. The third-order valence-electron chi connectivity index (χ3n) is 2.93. The Bertz CT molecular complexity index is 206. The predicted molar refractivity (Wildman–Crippen MR) is 71.7 cm³/mol. The van der Waals surface area contributed by atoms with E-state index in [-0.39, 0.29) is 6.10 Å². The first-order valence-corrected chi connectivity index (χ1v) is 7.39. The molecular weight excluding hydrogens is 238 g/mol. The van der Waals surface area contributed by atoms with Crippen LogP contribution in [0.1, 0.15) is 13.8 Å². The molecule has 0 aliphatic carbocycles. The third-order valence-corrected chi connectivity index (χ3v) is 4.11. The van der Waals surface area contributed by atoms with Crippen molar-refractivity contribution in [3.8, 4) is 0 Å². The lowest BCUT2D eigenvalue weighted by Gasteiger charge is -2.34. The molecule has 102 valence electrons. The van der Waals surface area contributed by atoms with Crippen LogP contribution in [0.25, 0.3) is 0 Å². The number of hydrogen-bond acceptors (Lipinski definition) is 5. The van der Waals surface area contributed by atoms with E-state index in [0.29, 0.717) is 25.8 Å². The molecule has 0 radical (unpaired) electrons. The predicted octanol–water partition coefficient (Wildman–Crippen LogP) is 0.836. The highest BCUT2D eigenvalue weighted by Gasteiger charge is 2.21. The number of methoxy groups -OCH3 is 1. The molecule has 4 nitrogen and oxygen atoms in total. The Hall–Kier alpha value is 0.190. The van der Waals surface area contributed by atoms with Crippen LogP contribution in [-0.4, -0.2) is 73.2 Å². The smallest absolute Gasteiger partial charge is 0.0900 e. The van der Waals surface area contributed by atoms with Gasteiger partial charge in [-0.05, 0) is 13.8 Å². The summed E-state index contributed by atoms with van der Waals surface area (Å²) in [7, 11) is 1.66. The Kier molecular flexibility index (Phi) is 7.46. The van der Waals surface area contributed by atoms with E-state index in [2.05, 4.69) is 11.8 Å². The van der Waals surface area contributed by atoms with E-state index in [1.54, 1.807) is 7.11 Å². The second kappa shape index (κ2) is 8.32. The zero-order chi connectivity index (χ0) is 12.7. The maximum atomic E-state index is 9.92. The highest BCUT2D eigenvalue weighted by Crippen LogP contribution is 2.16. The van der Waals surface area contributed by atoms with Crippen molar-refractivity contribution >= 4 is 11.8 Å². The lowest BCUT2D eigenvalue weighted by atomic mass is 10.2. The summed E-state index contributed by atoms with van der Waals surface area (Å²) in [6, 6.07) is 0.555. The molecule has 0 spiro atoms. The van der Waals surface area contributed by atoms with Gasteiger partial charge in [-0.3, -0.25) is 4.90 Å². The fraction of sp³-hybridized carbons (Fsp3) is 1.00. The number of thioether (sulfide) groups is 1. The topological polar surface area (TPSA) is 41.9 Å². The second-order valence-electron chi connectivity index (χ2n) is 4.67. The molecular formula is C12H25NO3S. The molecule has 1 aliphatic rings. The van der Waals surface area contributed by atoms with E-state index in [1.807, 2.05) is 18.7 Å². The highest BCUT2D eigenvalue weighted by molar-refractivity contribution is 7.99. The molecule has 3 atom stereocenters. The summed E-state index contributed by atoms with van der Waals surface area (Å²) in [6.07, 6.45) is -0.358. The van der Waals surface area contributed by atoms with Crippen molar-refractivity contribution in [2.75, 3.05) is 44.9 Å². The average Bonchev–Trinajstić information content (AvgIpc) is 2.30. The monoisotopic (exact) mass is 263 g/mol. The minimum atomic E-state index is -0.403. The van der Waals surface area contributed by atoms with Crippen LogP contribution >= 0.6 is 11.8 Å². The van der Waals surface area contributed by atoms with E-state index in [9.17, 15) is 5.11 Å². The van der Waals surface area contributed by atoms with Crippen LogP contribution in [0, 0.1) is 0 Å². The number of aliphatic hydroxyl groups excluding tert-OH is 1. The highest BCUT2D eigenvalue weighted by atomic mass is 32.2. The van der Waals surface area contributed by atoms with Gasteiger partial charge in [0.2, 0.25) is 0 Å². The zero-order valence-electron chi connectivity index (χ0n) is 11.1. The molecule has 1 heterocycles. The van der Waals surface area contributed by atoms with Crippen LogP contribution in [0.4, 0.5) is 0 Å². The Morgan fingerprint density at radius 3 is 2.88 bits per heavy atom. The maximum absolute atomic E-state index is 9.92. The number of rotatable bonds is 7. The van der Waals surface area contributed by atoms with E-state index in [1.165, 1.54) is 0 Å². The molecule has 1 rings (SSSR count). The zero-order valence-corrected chi connectivity index (χ0v) is 11.9. The molecule has 0 aromatic rings. The minimum absolute atomic E-state index is 0.0454. The molecule has 0 saturated carbocycles. The van der Waals surface area contributed by atoms with Gasteiger partial charge in [0.1, 0.15) is 0 Å². The summed E-state index contributed by atoms with van der Waals surface area (Å²) in [6.45, 7) is 6.91. The number of hydrogen-bond donors (Lipinski definition) is 1. The van der Waals surface area contributed by atoms with Gasteiger partial charge < -0.3 is 14.6 Å². The molecule has 0 aromatic heterocycles. The van der Waals surface area contributed by atoms with Gasteiger partial charge in [0.25, 0.3) is 0 Å². The quantitative estimate of drug-likeness (QED) is 0.737. The van der Waals surface area contributed by atoms with E-state index >= 15 is 0 Å². The molecule has 3 unspecified atom stereocenters. The first-order chi connectivity index (χ1) is 8.13. The van der Waals surface area contributed by atoms with Crippen molar-refractivity contribution in [2.24, 2.45) is 0 Å². The molecule has 1 fully saturated rings. The third kappa shape index (κ3) is 6.06. The minimum Gasteiger partial charge on any atom is -0.389 e. The maximum Gasteiger partial charge on any atom is 0.0900 e. The lowest BCUT2D eigenvalue weighted by molar-refractivity contribution is -0.0414. The van der Waals surface area contributed by atoms with E-state index in [4.69, 9.17) is 9.47 Å². The summed E-state index contributed by atoms with van der Waals surface area (Å²) >= 11 is 1.99. The average molecular weight is 263 g/mol. The summed E-state index contributed by atoms with van der Waals surface area (Å²) in [5, 5.41) is 9.92. The van der Waals surface area contributed by atoms with Crippen LogP contribution in [0.2, 0.25) is 0 Å². The van der Waals surface area contributed by atoms with Gasteiger partial charge in [0.15, 0.2) is 0 Å². The normalized spacial score (nSPS) is 25.8. The van der Waals surface area contributed by atoms with Crippen molar-refractivity contribution in [3.63, 3.8) is 0 Å². The Balaban J connectivity index is 2.17. The first kappa shape index (κ1) is 15.2. The van der Waals surface area contributed by atoms with Gasteiger partial charge in [0.05, 0.1) is 25.4 Å². The van der Waals surface area contributed by atoms with Gasteiger partial charge in [0, 0.05) is 37.7 Å². The van der Waals surface area contributed by atoms with Crippen molar-refractivity contribution in [1.82, 2.24) is 4.90 Å². The van der Waals surface area contributed by atoms with Crippen LogP contribution < -0.4 is 0 Å². The fourth-order valence-electron chi connectivity index (χ4n) is 1.91. The van der Waals surface area contributed by atoms with E-state index < -0.39 is 6.10 Å². The summed E-state index contributed by atoms with van der Waals surface area (Å²) in [4.78, 5) is 2.34. The fourth-order valence-corrected chi connectivity index (χ4v) is 3.00. The summed E-state index contributed by atoms with van der Waals surface area (Å²) in [5.74, 6) is 2.33. The molecule has 1 aliphatic heterocycles. The van der Waals surface area contributed by atoms with Crippen molar-refractivity contribution < 1.29 is 14.6 Å². The number of β-amino-alcohol motifs (C(OH)–C–C–N with tert-alkyl or cyclic N) is 1. The number of nitrogens with zero attached hydrogens (tertiary/aromatic N) is 1. The van der Waals surface area contributed by atoms with Gasteiger partial charge in [-0.1, -0.05) is 0 Å². The SMILES string of the molecule is COCC(C)OCC(O)CN1CCSCC1C. The second-order valence-corrected chi connectivity index (χ2v) is 5.82. The Morgan fingerprint density at radius 1 is 1.47 bits per heavy atom. The van der Waals surface area contributed by atoms with Crippen LogP contribution in [0.5, 0.6) is 0 Å². The Morgan fingerprint density at radius 2 is 2.24 bits per heavy atom. The molecule has 1 N–H and O–H groups in total. The first-order valence-electron chi connectivity index (χ1n) is 6.24. The van der Waals surface area contributed by atoms with E-state index in [0.717, 1.165) is 18.1 Å². The van der Waals surface area contributed by atoms with Crippen LogP contribution in [0.15, 0.2) is 0 Å². The standard InChI is InChI=1S/C12H25NO3S/c1-10-9-17-5-4-13(10)6-12(14)8-16-11(2)7-15-3/h10-12,14H,4-9H2,1-3H3. The van der Waals surface area contributed by atoms with Crippen molar-refractivity contribution in [2.45, 2.75) is 32.1 Å². The number of aliphatic hydroxyl groups is 1. The molecule has 0 aromatic carbocycles. The van der Waals surface area contributed by atoms with Gasteiger partial charge in [-0.15, -0.1) is 0 Å².